The van der Waals surface area contributed by atoms with E-state index in [9.17, 15) is 4.79 Å². The van der Waals surface area contributed by atoms with E-state index in [4.69, 9.17) is 0 Å². The molecule has 1 aliphatic rings. The molecule has 3 nitrogen and oxygen atoms in total. The fourth-order valence-electron chi connectivity index (χ4n) is 2.23. The van der Waals surface area contributed by atoms with Crippen LogP contribution in [0.1, 0.15) is 16.1 Å². The first kappa shape index (κ1) is 8.68. The van der Waals surface area contributed by atoms with Crippen LogP contribution in [-0.4, -0.2) is 17.0 Å². The van der Waals surface area contributed by atoms with Crippen molar-refractivity contribution in [3.8, 4) is 0 Å². The number of aryl methyl sites for hydroxylation is 1. The molecule has 0 aliphatic carbocycles. The van der Waals surface area contributed by atoms with Gasteiger partial charge in [0.05, 0.1) is 12.1 Å². The number of carbonyl (C=O) groups excluding carboxylic acids is 1. The average molecular weight is 200 g/mol. The summed E-state index contributed by atoms with van der Waals surface area (Å²) in [5, 5.41) is 4.29. The molecule has 0 saturated heterocycles. The van der Waals surface area contributed by atoms with Gasteiger partial charge in [-0.3, -0.25) is 9.36 Å². The van der Waals surface area contributed by atoms with Crippen molar-refractivity contribution in [2.75, 3.05) is 6.54 Å². The van der Waals surface area contributed by atoms with E-state index in [1.807, 2.05) is 16.7 Å². The molecule has 0 bridgehead atoms. The summed E-state index contributed by atoms with van der Waals surface area (Å²) in [5.41, 5.74) is 3.33. The normalized spacial score (nSPS) is 15.7. The number of fused-ring (bicyclic) bond motifs is 3. The molecule has 1 aliphatic heterocycles. The number of aromatic nitrogens is 1. The highest BCUT2D eigenvalue weighted by Crippen LogP contribution is 2.24. The van der Waals surface area contributed by atoms with Gasteiger partial charge < -0.3 is 5.32 Å². The number of nitrogens with one attached hydrogen (secondary N) is 1. The summed E-state index contributed by atoms with van der Waals surface area (Å²) >= 11 is 0. The van der Waals surface area contributed by atoms with Gasteiger partial charge in [-0.2, -0.15) is 0 Å². The maximum atomic E-state index is 11.8. The Morgan fingerprint density at radius 2 is 2.20 bits per heavy atom. The van der Waals surface area contributed by atoms with Gasteiger partial charge >= 0.3 is 0 Å². The third-order valence-electron chi connectivity index (χ3n) is 2.97. The molecule has 2 heterocycles. The summed E-state index contributed by atoms with van der Waals surface area (Å²) in [6, 6.07) is 8.19. The molecule has 0 unspecified atom stereocenters. The Kier molecular flexibility index (Phi) is 1.70. The molecule has 1 aromatic heterocycles. The van der Waals surface area contributed by atoms with Crippen LogP contribution in [0.3, 0.4) is 0 Å². The zero-order chi connectivity index (χ0) is 10.4. The number of carbonyl (C=O) groups is 1. The first-order valence-electron chi connectivity index (χ1n) is 5.11. The van der Waals surface area contributed by atoms with Crippen LogP contribution in [0.25, 0.3) is 10.9 Å². The second-order valence-corrected chi connectivity index (χ2v) is 3.98. The molecule has 15 heavy (non-hydrogen) atoms. The van der Waals surface area contributed by atoms with E-state index in [1.165, 1.54) is 10.9 Å². The number of rotatable bonds is 0. The number of benzene rings is 1. The van der Waals surface area contributed by atoms with E-state index in [1.54, 1.807) is 0 Å². The minimum atomic E-state index is 0.136. The van der Waals surface area contributed by atoms with Crippen molar-refractivity contribution in [2.45, 2.75) is 13.5 Å². The lowest BCUT2D eigenvalue weighted by atomic mass is 10.1. The van der Waals surface area contributed by atoms with Crippen molar-refractivity contribution in [1.82, 2.24) is 9.88 Å². The van der Waals surface area contributed by atoms with E-state index in [2.05, 4.69) is 24.4 Å². The van der Waals surface area contributed by atoms with Gasteiger partial charge in [-0.1, -0.05) is 12.1 Å². The van der Waals surface area contributed by atoms with Gasteiger partial charge in [0.25, 0.3) is 0 Å². The summed E-state index contributed by atoms with van der Waals surface area (Å²) in [4.78, 5) is 11.8. The fourth-order valence-corrected chi connectivity index (χ4v) is 2.23. The maximum absolute atomic E-state index is 11.8. The predicted molar refractivity (Wildman–Crippen MR) is 59.0 cm³/mol. The molecule has 76 valence electrons. The highest BCUT2D eigenvalue weighted by molar-refractivity contribution is 5.96. The van der Waals surface area contributed by atoms with E-state index >= 15 is 0 Å². The summed E-state index contributed by atoms with van der Waals surface area (Å²) in [6.07, 6.45) is 0. The number of nitrogens with zero attached hydrogens (tertiary/aromatic N) is 1. The number of hydrogen-bond donors (Lipinski definition) is 1. The van der Waals surface area contributed by atoms with Crippen LogP contribution >= 0.6 is 0 Å². The lowest BCUT2D eigenvalue weighted by Gasteiger charge is -2.15. The fraction of sp³-hybridized carbons (Fsp3) is 0.250. The van der Waals surface area contributed by atoms with Crippen LogP contribution in [0.4, 0.5) is 0 Å². The zero-order valence-corrected chi connectivity index (χ0v) is 8.58. The van der Waals surface area contributed by atoms with Crippen molar-refractivity contribution >= 4 is 16.8 Å². The molecule has 1 N–H and O–H groups in total. The van der Waals surface area contributed by atoms with E-state index in [0.717, 1.165) is 17.8 Å². The molecule has 1 aromatic carbocycles. The smallest absolute Gasteiger partial charge is 0.245 e. The molecule has 0 radical (unpaired) electrons. The maximum Gasteiger partial charge on any atom is 0.245 e. The molecule has 0 fully saturated rings. The first-order valence-corrected chi connectivity index (χ1v) is 5.11. The third-order valence-corrected chi connectivity index (χ3v) is 2.97. The Morgan fingerprint density at radius 3 is 3.07 bits per heavy atom. The topological polar surface area (TPSA) is 34.0 Å². The van der Waals surface area contributed by atoms with Crippen LogP contribution in [0.15, 0.2) is 24.3 Å². The van der Waals surface area contributed by atoms with Crippen molar-refractivity contribution in [3.63, 3.8) is 0 Å². The third kappa shape index (κ3) is 1.13. The van der Waals surface area contributed by atoms with Gasteiger partial charge in [0.2, 0.25) is 5.91 Å². The van der Waals surface area contributed by atoms with Crippen LogP contribution in [0, 0.1) is 6.92 Å². The van der Waals surface area contributed by atoms with Gasteiger partial charge in [-0.05, 0) is 24.6 Å². The molecule has 2 aromatic rings. The Labute approximate surface area is 87.7 Å². The van der Waals surface area contributed by atoms with E-state index in [0.29, 0.717) is 6.54 Å². The van der Waals surface area contributed by atoms with Gasteiger partial charge in [0.15, 0.2) is 0 Å². The monoisotopic (exact) mass is 200 g/mol. The standard InChI is InChI=1S/C12H12N2O/c1-8-3-2-4-11-10(8)5-9-6-13-7-12(15)14(9)11/h2-5,13H,6-7H2,1H3. The predicted octanol–water partition coefficient (Wildman–Crippen LogP) is 1.69. The van der Waals surface area contributed by atoms with Crippen molar-refractivity contribution in [2.24, 2.45) is 0 Å². The Bertz CT molecular complexity index is 554. The molecular formula is C12H12N2O. The second kappa shape index (κ2) is 2.94. The summed E-state index contributed by atoms with van der Waals surface area (Å²) in [6.45, 7) is 3.29. The lowest BCUT2D eigenvalue weighted by molar-refractivity contribution is 0.0900. The van der Waals surface area contributed by atoms with Crippen molar-refractivity contribution < 1.29 is 4.79 Å². The van der Waals surface area contributed by atoms with E-state index < -0.39 is 0 Å². The van der Waals surface area contributed by atoms with Gasteiger partial charge in [-0.25, -0.2) is 0 Å². The number of hydrogen-bond acceptors (Lipinski definition) is 2. The molecule has 0 atom stereocenters. The minimum absolute atomic E-state index is 0.136. The Morgan fingerprint density at radius 1 is 1.33 bits per heavy atom. The zero-order valence-electron chi connectivity index (χ0n) is 8.58. The lowest BCUT2D eigenvalue weighted by Crippen LogP contribution is -2.34. The molecule has 3 heteroatoms. The SMILES string of the molecule is Cc1cccc2c1cc1n2C(=O)CNC1. The summed E-state index contributed by atoms with van der Waals surface area (Å²) in [5.74, 6) is 0.136. The average Bonchev–Trinajstić information content (AvgIpc) is 2.59. The highest BCUT2D eigenvalue weighted by Gasteiger charge is 2.19. The summed E-state index contributed by atoms with van der Waals surface area (Å²) < 4.78 is 1.83. The van der Waals surface area contributed by atoms with Gasteiger partial charge in [0, 0.05) is 17.6 Å². The largest absolute Gasteiger partial charge is 0.303 e. The van der Waals surface area contributed by atoms with Crippen LogP contribution in [0.5, 0.6) is 0 Å². The van der Waals surface area contributed by atoms with Crippen LogP contribution in [-0.2, 0) is 6.54 Å². The van der Waals surface area contributed by atoms with Gasteiger partial charge in [0.1, 0.15) is 0 Å². The first-order chi connectivity index (χ1) is 7.27. The Balaban J connectivity index is 2.41. The quantitative estimate of drug-likeness (QED) is 0.702. The van der Waals surface area contributed by atoms with Crippen molar-refractivity contribution in [3.05, 3.63) is 35.5 Å². The van der Waals surface area contributed by atoms with Gasteiger partial charge in [-0.15, -0.1) is 0 Å². The second-order valence-electron chi connectivity index (χ2n) is 3.98. The molecule has 0 spiro atoms. The van der Waals surface area contributed by atoms with E-state index in [-0.39, 0.29) is 5.91 Å². The van der Waals surface area contributed by atoms with Crippen LogP contribution < -0.4 is 5.32 Å². The van der Waals surface area contributed by atoms with Crippen molar-refractivity contribution in [1.29, 1.82) is 0 Å². The molecule has 0 saturated carbocycles. The molecular weight excluding hydrogens is 188 g/mol. The highest BCUT2D eigenvalue weighted by atomic mass is 16.2. The Hall–Kier alpha value is -1.61. The minimum Gasteiger partial charge on any atom is -0.303 e. The molecule has 3 rings (SSSR count). The van der Waals surface area contributed by atoms with Crippen LogP contribution in [0.2, 0.25) is 0 Å². The summed E-state index contributed by atoms with van der Waals surface area (Å²) in [7, 11) is 0. The molecule has 0 amide bonds.